The lowest BCUT2D eigenvalue weighted by atomic mass is 9.85. The summed E-state index contributed by atoms with van der Waals surface area (Å²) >= 11 is 9.96. The van der Waals surface area contributed by atoms with Crippen LogP contribution in [-0.2, 0) is 0 Å². The van der Waals surface area contributed by atoms with Crippen molar-refractivity contribution in [3.05, 3.63) is 68.7 Å². The minimum Gasteiger partial charge on any atom is -0.493 e. The Kier molecular flexibility index (Phi) is 4.99. The summed E-state index contributed by atoms with van der Waals surface area (Å²) < 4.78 is 17.4. The molecule has 2 aromatic carbocycles. The fourth-order valence-corrected chi connectivity index (χ4v) is 4.39. The van der Waals surface area contributed by atoms with Crippen molar-refractivity contribution in [1.82, 2.24) is 4.98 Å². The highest BCUT2D eigenvalue weighted by molar-refractivity contribution is 9.10. The van der Waals surface area contributed by atoms with Gasteiger partial charge in [0.2, 0.25) is 5.88 Å². The molecular formula is C21H15BrClN3O3. The maximum atomic E-state index is 9.80. The number of aromatic nitrogens is 1. The van der Waals surface area contributed by atoms with Gasteiger partial charge in [0.05, 0.1) is 30.3 Å². The van der Waals surface area contributed by atoms with E-state index in [9.17, 15) is 5.26 Å². The standard InChI is InChI=1S/C21H15BrClN3O3/c1-27-15-8-10(7-14(22)19(15)28-2)16-13(9-24)21(25)29-18-11-5-3-4-6-12(11)20(23)26-17(16)18/h3-8,16H,25H2,1-2H3. The molecule has 1 unspecified atom stereocenters. The van der Waals surface area contributed by atoms with Crippen molar-refractivity contribution < 1.29 is 14.2 Å². The molecule has 0 saturated carbocycles. The largest absolute Gasteiger partial charge is 0.493 e. The van der Waals surface area contributed by atoms with Crippen molar-refractivity contribution >= 4 is 38.3 Å². The van der Waals surface area contributed by atoms with Crippen LogP contribution in [0.4, 0.5) is 0 Å². The quantitative estimate of drug-likeness (QED) is 0.546. The number of hydrogen-bond donors (Lipinski definition) is 1. The summed E-state index contributed by atoms with van der Waals surface area (Å²) in [6, 6.07) is 13.3. The van der Waals surface area contributed by atoms with Crippen molar-refractivity contribution in [2.45, 2.75) is 5.92 Å². The highest BCUT2D eigenvalue weighted by atomic mass is 79.9. The smallest absolute Gasteiger partial charge is 0.205 e. The van der Waals surface area contributed by atoms with Gasteiger partial charge in [0.25, 0.3) is 0 Å². The van der Waals surface area contributed by atoms with Crippen LogP contribution in [0.15, 0.2) is 52.3 Å². The molecule has 8 heteroatoms. The zero-order valence-corrected chi connectivity index (χ0v) is 17.8. The lowest BCUT2D eigenvalue weighted by Crippen LogP contribution is -2.22. The van der Waals surface area contributed by atoms with Crippen LogP contribution >= 0.6 is 27.5 Å². The molecule has 0 amide bonds. The van der Waals surface area contributed by atoms with Crippen LogP contribution in [0, 0.1) is 11.3 Å². The number of ether oxygens (including phenoxy) is 3. The molecular weight excluding hydrogens is 458 g/mol. The molecule has 0 aliphatic carbocycles. The van der Waals surface area contributed by atoms with E-state index in [0.717, 1.165) is 16.3 Å². The molecule has 1 aliphatic heterocycles. The second kappa shape index (κ2) is 7.47. The topological polar surface area (TPSA) is 90.4 Å². The Balaban J connectivity index is 2.04. The van der Waals surface area contributed by atoms with Gasteiger partial charge in [0.1, 0.15) is 16.8 Å². The van der Waals surface area contributed by atoms with E-state index in [1.54, 1.807) is 20.3 Å². The molecule has 0 bridgehead atoms. The first-order chi connectivity index (χ1) is 14.0. The van der Waals surface area contributed by atoms with E-state index in [1.807, 2.05) is 30.3 Å². The summed E-state index contributed by atoms with van der Waals surface area (Å²) in [5.74, 6) is 0.987. The van der Waals surface area contributed by atoms with E-state index < -0.39 is 5.92 Å². The van der Waals surface area contributed by atoms with Crippen LogP contribution in [0.3, 0.4) is 0 Å². The SMILES string of the molecule is COc1cc(C2C(C#N)=C(N)Oc3c2nc(Cl)c2ccccc32)cc(Br)c1OC. The number of benzene rings is 2. The van der Waals surface area contributed by atoms with E-state index in [-0.39, 0.29) is 11.5 Å². The van der Waals surface area contributed by atoms with Gasteiger partial charge in [-0.05, 0) is 33.6 Å². The zero-order chi connectivity index (χ0) is 20.7. The maximum absolute atomic E-state index is 9.80. The van der Waals surface area contributed by atoms with Gasteiger partial charge in [-0.3, -0.25) is 0 Å². The molecule has 3 aromatic rings. The molecule has 1 atom stereocenters. The Morgan fingerprint density at radius 1 is 1.21 bits per heavy atom. The number of halogens is 2. The Morgan fingerprint density at radius 2 is 1.93 bits per heavy atom. The number of nitrogens with zero attached hydrogens (tertiary/aromatic N) is 2. The summed E-state index contributed by atoms with van der Waals surface area (Å²) in [6.45, 7) is 0. The zero-order valence-electron chi connectivity index (χ0n) is 15.5. The predicted molar refractivity (Wildman–Crippen MR) is 113 cm³/mol. The minimum atomic E-state index is -0.582. The van der Waals surface area contributed by atoms with E-state index in [1.165, 1.54) is 0 Å². The molecule has 146 valence electrons. The van der Waals surface area contributed by atoms with E-state index >= 15 is 0 Å². The van der Waals surface area contributed by atoms with Gasteiger partial charge >= 0.3 is 0 Å². The summed E-state index contributed by atoms with van der Waals surface area (Å²) in [5.41, 5.74) is 7.62. The molecule has 29 heavy (non-hydrogen) atoms. The molecule has 0 fully saturated rings. The van der Waals surface area contributed by atoms with Crippen LogP contribution in [0.2, 0.25) is 5.15 Å². The first-order valence-corrected chi connectivity index (χ1v) is 9.74. The number of nitriles is 1. The number of rotatable bonds is 3. The highest BCUT2D eigenvalue weighted by Gasteiger charge is 2.35. The fourth-order valence-electron chi connectivity index (χ4n) is 3.51. The Labute approximate surface area is 180 Å². The van der Waals surface area contributed by atoms with Crippen LogP contribution in [0.1, 0.15) is 17.2 Å². The summed E-state index contributed by atoms with van der Waals surface area (Å²) in [6.07, 6.45) is 0. The monoisotopic (exact) mass is 471 g/mol. The second-order valence-electron chi connectivity index (χ2n) is 6.33. The molecule has 2 heterocycles. The Hall–Kier alpha value is -2.95. The minimum absolute atomic E-state index is 0.0326. The Bertz CT molecular complexity index is 1220. The highest BCUT2D eigenvalue weighted by Crippen LogP contribution is 2.48. The average Bonchev–Trinajstić information content (AvgIpc) is 2.73. The van der Waals surface area contributed by atoms with Crippen molar-refractivity contribution in [2.24, 2.45) is 5.73 Å². The van der Waals surface area contributed by atoms with Gasteiger partial charge in [-0.25, -0.2) is 4.98 Å². The number of pyridine rings is 1. The average molecular weight is 473 g/mol. The van der Waals surface area contributed by atoms with Crippen molar-refractivity contribution in [3.8, 4) is 23.3 Å². The number of allylic oxidation sites excluding steroid dienone is 1. The summed E-state index contributed by atoms with van der Waals surface area (Å²) in [4.78, 5) is 4.57. The van der Waals surface area contributed by atoms with E-state index in [0.29, 0.717) is 32.6 Å². The summed E-state index contributed by atoms with van der Waals surface area (Å²) in [7, 11) is 3.10. The van der Waals surface area contributed by atoms with Gasteiger partial charge in [-0.2, -0.15) is 5.26 Å². The molecule has 0 spiro atoms. The first-order valence-electron chi connectivity index (χ1n) is 8.57. The second-order valence-corrected chi connectivity index (χ2v) is 7.54. The van der Waals surface area contributed by atoms with Crippen LogP contribution < -0.4 is 19.9 Å². The van der Waals surface area contributed by atoms with E-state index in [4.69, 9.17) is 31.5 Å². The van der Waals surface area contributed by atoms with Gasteiger partial charge in [-0.15, -0.1) is 0 Å². The summed E-state index contributed by atoms with van der Waals surface area (Å²) in [5, 5.41) is 11.6. The van der Waals surface area contributed by atoms with Crippen molar-refractivity contribution in [1.29, 1.82) is 5.26 Å². The molecule has 2 N–H and O–H groups in total. The van der Waals surface area contributed by atoms with Crippen LogP contribution in [0.5, 0.6) is 17.2 Å². The fraction of sp³-hybridized carbons (Fsp3) is 0.143. The maximum Gasteiger partial charge on any atom is 0.205 e. The van der Waals surface area contributed by atoms with Gasteiger partial charge in [0.15, 0.2) is 17.2 Å². The first kappa shape index (κ1) is 19.4. The molecule has 1 aromatic heterocycles. The third-order valence-electron chi connectivity index (χ3n) is 4.79. The van der Waals surface area contributed by atoms with Crippen molar-refractivity contribution in [3.63, 3.8) is 0 Å². The molecule has 6 nitrogen and oxygen atoms in total. The van der Waals surface area contributed by atoms with Gasteiger partial charge in [0, 0.05) is 10.8 Å². The number of nitrogens with two attached hydrogens (primary N) is 1. The molecule has 0 radical (unpaired) electrons. The van der Waals surface area contributed by atoms with E-state index in [2.05, 4.69) is 27.0 Å². The molecule has 4 rings (SSSR count). The van der Waals surface area contributed by atoms with Crippen LogP contribution in [0.25, 0.3) is 10.8 Å². The lowest BCUT2D eigenvalue weighted by Gasteiger charge is -2.27. The third kappa shape index (κ3) is 3.05. The normalized spacial score (nSPS) is 15.5. The van der Waals surface area contributed by atoms with Crippen LogP contribution in [-0.4, -0.2) is 19.2 Å². The molecule has 0 saturated heterocycles. The molecule has 1 aliphatic rings. The number of methoxy groups -OCH3 is 2. The lowest BCUT2D eigenvalue weighted by molar-refractivity contribution is 0.352. The number of hydrogen-bond acceptors (Lipinski definition) is 6. The van der Waals surface area contributed by atoms with Crippen molar-refractivity contribution in [2.75, 3.05) is 14.2 Å². The third-order valence-corrected chi connectivity index (χ3v) is 5.67. The predicted octanol–water partition coefficient (Wildman–Crippen LogP) is 4.89. The van der Waals surface area contributed by atoms with Gasteiger partial charge in [-0.1, -0.05) is 35.9 Å². The Morgan fingerprint density at radius 3 is 2.59 bits per heavy atom. The number of fused-ring (bicyclic) bond motifs is 3. The van der Waals surface area contributed by atoms with Gasteiger partial charge < -0.3 is 19.9 Å².